The van der Waals surface area contributed by atoms with Gasteiger partial charge in [0.15, 0.2) is 11.9 Å². The first kappa shape index (κ1) is 29.6. The molecular weight excluding hydrogens is 580 g/mol. The van der Waals surface area contributed by atoms with Crippen molar-refractivity contribution in [3.63, 3.8) is 0 Å². The van der Waals surface area contributed by atoms with Crippen LogP contribution in [0.2, 0.25) is 0 Å². The third-order valence-electron chi connectivity index (χ3n) is 9.86. The predicted molar refractivity (Wildman–Crippen MR) is 178 cm³/mol. The number of ether oxygens (including phenoxy) is 1. The molecule has 10 nitrogen and oxygen atoms in total. The number of nitrogens with zero attached hydrogens (tertiary/aromatic N) is 4. The summed E-state index contributed by atoms with van der Waals surface area (Å²) >= 11 is 0. The molecule has 1 aromatic heterocycles. The quantitative estimate of drug-likeness (QED) is 0.250. The lowest BCUT2D eigenvalue weighted by Gasteiger charge is -2.48. The van der Waals surface area contributed by atoms with Crippen LogP contribution in [0.4, 0.5) is 17.2 Å². The largest absolute Gasteiger partial charge is 0.507 e. The number of phenols is 1. The first-order chi connectivity index (χ1) is 22.4. The molecule has 1 spiro atoms. The lowest BCUT2D eigenvalue weighted by molar-refractivity contribution is -0.138. The molecule has 4 heterocycles. The lowest BCUT2D eigenvalue weighted by atomic mass is 9.71. The Morgan fingerprint density at radius 3 is 2.02 bits per heavy atom. The van der Waals surface area contributed by atoms with E-state index in [-0.39, 0.29) is 17.6 Å². The molecule has 0 bridgehead atoms. The summed E-state index contributed by atoms with van der Waals surface area (Å²) < 4.78 is 5.85. The van der Waals surface area contributed by atoms with Crippen LogP contribution in [0.1, 0.15) is 38.5 Å². The summed E-state index contributed by atoms with van der Waals surface area (Å²) in [6, 6.07) is 25.4. The second-order valence-electron chi connectivity index (χ2n) is 12.6. The molecular formula is C36H38N6O4. The fourth-order valence-electron chi connectivity index (χ4n) is 6.97. The third-order valence-corrected chi connectivity index (χ3v) is 9.86. The molecule has 4 aromatic rings. The third kappa shape index (κ3) is 6.07. The highest BCUT2D eigenvalue weighted by molar-refractivity contribution is 5.99. The number of hydrogen-bond donors (Lipinski definition) is 3. The zero-order valence-corrected chi connectivity index (χ0v) is 25.7. The van der Waals surface area contributed by atoms with E-state index in [1.165, 1.54) is 37.1 Å². The zero-order valence-electron chi connectivity index (χ0n) is 25.7. The van der Waals surface area contributed by atoms with Gasteiger partial charge in [0.05, 0.1) is 5.69 Å². The van der Waals surface area contributed by atoms with Crippen LogP contribution in [0, 0.1) is 5.41 Å². The van der Waals surface area contributed by atoms with Crippen molar-refractivity contribution in [2.24, 2.45) is 5.41 Å². The zero-order chi connectivity index (χ0) is 31.7. The van der Waals surface area contributed by atoms with E-state index in [9.17, 15) is 14.7 Å². The minimum atomic E-state index is -0.621. The number of anilines is 3. The first-order valence-corrected chi connectivity index (χ1v) is 16.0. The maximum atomic E-state index is 12.0. The van der Waals surface area contributed by atoms with Crippen LogP contribution in [-0.4, -0.2) is 59.4 Å². The van der Waals surface area contributed by atoms with Gasteiger partial charge in [-0.2, -0.15) is 0 Å². The number of hydrogen-bond acceptors (Lipinski definition) is 9. The number of aromatic nitrogens is 2. The molecule has 0 radical (unpaired) electrons. The Hall–Kier alpha value is -5.12. The van der Waals surface area contributed by atoms with Crippen molar-refractivity contribution in [3.8, 4) is 33.9 Å². The number of benzene rings is 3. The number of phenolic OH excluding ortho intramolecular Hbond substituents is 1. The van der Waals surface area contributed by atoms with Crippen molar-refractivity contribution in [1.29, 1.82) is 0 Å². The van der Waals surface area contributed by atoms with Gasteiger partial charge in [0.25, 0.3) is 5.91 Å². The summed E-state index contributed by atoms with van der Waals surface area (Å²) in [7, 11) is 0. The van der Waals surface area contributed by atoms with Crippen LogP contribution < -0.4 is 25.6 Å². The average molecular weight is 619 g/mol. The maximum absolute atomic E-state index is 12.0. The fourth-order valence-corrected chi connectivity index (χ4v) is 6.97. The highest BCUT2D eigenvalue weighted by Gasteiger charge is 2.38. The standard InChI is InChI=1S/C36H38N6O4/c37-34-29(23-30(39-40-34)28-3-1-2-4-31(28)43)24-5-7-25(8-6-24)41-19-15-36(16-20-41)17-21-42(22-18-36)26-9-11-27(12-10-26)46-32-13-14-33(44)38-35(32)45/h1-12,23,32,43H,13-22H2,(H2,37,40)(H,38,44,45). The van der Waals surface area contributed by atoms with Crippen molar-refractivity contribution in [2.75, 3.05) is 41.7 Å². The molecule has 2 amide bonds. The number of carbonyl (C=O) groups is 2. The van der Waals surface area contributed by atoms with E-state index >= 15 is 0 Å². The van der Waals surface area contributed by atoms with Gasteiger partial charge in [-0.1, -0.05) is 24.3 Å². The molecule has 10 heteroatoms. The molecule has 236 valence electrons. The lowest BCUT2D eigenvalue weighted by Crippen LogP contribution is -2.47. The van der Waals surface area contributed by atoms with Crippen molar-refractivity contribution >= 4 is 29.0 Å². The molecule has 4 N–H and O–H groups in total. The van der Waals surface area contributed by atoms with E-state index in [4.69, 9.17) is 10.5 Å². The summed E-state index contributed by atoms with van der Waals surface area (Å²) in [4.78, 5) is 28.3. The van der Waals surface area contributed by atoms with Gasteiger partial charge < -0.3 is 25.4 Å². The van der Waals surface area contributed by atoms with E-state index in [1.54, 1.807) is 12.1 Å². The molecule has 0 saturated carbocycles. The second kappa shape index (κ2) is 12.3. The van der Waals surface area contributed by atoms with Gasteiger partial charge in [-0.15, -0.1) is 10.2 Å². The minimum absolute atomic E-state index is 0.157. The average Bonchev–Trinajstić information content (AvgIpc) is 3.08. The van der Waals surface area contributed by atoms with E-state index in [0.717, 1.165) is 37.3 Å². The minimum Gasteiger partial charge on any atom is -0.507 e. The second-order valence-corrected chi connectivity index (χ2v) is 12.6. The van der Waals surface area contributed by atoms with Crippen molar-refractivity contribution in [2.45, 2.75) is 44.6 Å². The molecule has 7 rings (SSSR count). The van der Waals surface area contributed by atoms with Crippen LogP contribution >= 0.6 is 0 Å². The first-order valence-electron chi connectivity index (χ1n) is 16.0. The maximum Gasteiger partial charge on any atom is 0.267 e. The fraction of sp³-hybridized carbons (Fsp3) is 0.333. The number of imide groups is 1. The van der Waals surface area contributed by atoms with Gasteiger partial charge in [0, 0.05) is 61.5 Å². The Morgan fingerprint density at radius 1 is 0.804 bits per heavy atom. The van der Waals surface area contributed by atoms with Crippen LogP contribution in [0.5, 0.6) is 11.5 Å². The van der Waals surface area contributed by atoms with Gasteiger partial charge in [0.1, 0.15) is 11.5 Å². The van der Waals surface area contributed by atoms with Crippen LogP contribution in [-0.2, 0) is 9.59 Å². The summed E-state index contributed by atoms with van der Waals surface area (Å²) in [5.74, 6) is 0.552. The Bertz CT molecular complexity index is 1720. The number of rotatable bonds is 6. The Balaban J connectivity index is 0.931. The molecule has 1 unspecified atom stereocenters. The van der Waals surface area contributed by atoms with Crippen LogP contribution in [0.15, 0.2) is 78.9 Å². The van der Waals surface area contributed by atoms with Crippen LogP contribution in [0.25, 0.3) is 22.4 Å². The molecule has 0 aliphatic carbocycles. The van der Waals surface area contributed by atoms with Crippen molar-refractivity contribution in [1.82, 2.24) is 15.5 Å². The normalized spacial score (nSPS) is 19.6. The number of nitrogens with one attached hydrogen (secondary N) is 1. The molecule has 3 aliphatic rings. The molecule has 3 aliphatic heterocycles. The Kier molecular flexibility index (Phi) is 7.94. The monoisotopic (exact) mass is 618 g/mol. The molecule has 1 atom stereocenters. The van der Waals surface area contributed by atoms with Crippen molar-refractivity contribution in [3.05, 3.63) is 78.9 Å². The number of aromatic hydroxyl groups is 1. The Labute approximate surface area is 268 Å². The number of amides is 2. The summed E-state index contributed by atoms with van der Waals surface area (Å²) in [6.07, 6.45) is 4.77. The summed E-state index contributed by atoms with van der Waals surface area (Å²) in [6.45, 7) is 4.10. The highest BCUT2D eigenvalue weighted by atomic mass is 16.5. The highest BCUT2D eigenvalue weighted by Crippen LogP contribution is 2.43. The van der Waals surface area contributed by atoms with E-state index in [0.29, 0.717) is 41.1 Å². The molecule has 3 saturated heterocycles. The number of para-hydroxylation sites is 1. The van der Waals surface area contributed by atoms with Gasteiger partial charge >= 0.3 is 0 Å². The van der Waals surface area contributed by atoms with Crippen molar-refractivity contribution < 1.29 is 19.4 Å². The molecule has 3 aromatic carbocycles. The van der Waals surface area contributed by atoms with Gasteiger partial charge in [-0.3, -0.25) is 14.9 Å². The van der Waals surface area contributed by atoms with E-state index in [1.807, 2.05) is 30.3 Å². The number of nitrogens with two attached hydrogens (primary N) is 1. The number of piperidine rings is 3. The predicted octanol–water partition coefficient (Wildman–Crippen LogP) is 5.17. The van der Waals surface area contributed by atoms with Crippen LogP contribution in [0.3, 0.4) is 0 Å². The summed E-state index contributed by atoms with van der Waals surface area (Å²) in [5.41, 5.74) is 11.9. The SMILES string of the molecule is Nc1nnc(-c2ccccc2O)cc1-c1ccc(N2CCC3(CCN(c4ccc(OC5CCC(=O)NC5=O)cc4)CC3)CC2)cc1. The van der Waals surface area contributed by atoms with Gasteiger partial charge in [0.2, 0.25) is 5.91 Å². The van der Waals surface area contributed by atoms with Gasteiger partial charge in [-0.25, -0.2) is 0 Å². The van der Waals surface area contributed by atoms with E-state index < -0.39 is 6.10 Å². The summed E-state index contributed by atoms with van der Waals surface area (Å²) in [5, 5.41) is 21.0. The number of nitrogen functional groups attached to an aromatic ring is 1. The topological polar surface area (TPSA) is 134 Å². The molecule has 46 heavy (non-hydrogen) atoms. The smallest absolute Gasteiger partial charge is 0.267 e. The van der Waals surface area contributed by atoms with Gasteiger partial charge in [-0.05, 0) is 91.3 Å². The molecule has 3 fully saturated rings. The van der Waals surface area contributed by atoms with E-state index in [2.05, 4.69) is 61.7 Å². The Morgan fingerprint density at radius 2 is 1.41 bits per heavy atom. The number of carbonyl (C=O) groups excluding carboxylic acids is 2.